The van der Waals surface area contributed by atoms with Crippen LogP contribution in [0.2, 0.25) is 0 Å². The molecule has 0 saturated carbocycles. The lowest BCUT2D eigenvalue weighted by Gasteiger charge is -2.37. The molecule has 2 aromatic heterocycles. The predicted octanol–water partition coefficient (Wildman–Crippen LogP) is 6.37. The summed E-state index contributed by atoms with van der Waals surface area (Å²) in [7, 11) is 1.88. The van der Waals surface area contributed by atoms with Gasteiger partial charge in [0.2, 0.25) is 0 Å². The van der Waals surface area contributed by atoms with Crippen LogP contribution in [0.1, 0.15) is 66.7 Å². The highest BCUT2D eigenvalue weighted by atomic mass is 16.1. The topological polar surface area (TPSA) is 58.1 Å². The molecule has 1 aliphatic heterocycles. The number of aromatic nitrogens is 2. The molecule has 35 heavy (non-hydrogen) atoms. The highest BCUT2D eigenvalue weighted by Crippen LogP contribution is 2.32. The normalized spacial score (nSPS) is 16.2. The first-order valence-electron chi connectivity index (χ1n) is 12.5. The molecule has 0 bridgehead atoms. The highest BCUT2D eigenvalue weighted by Gasteiger charge is 2.24. The van der Waals surface area contributed by atoms with Gasteiger partial charge in [0.05, 0.1) is 0 Å². The Hall–Kier alpha value is -3.31. The minimum atomic E-state index is 0.126. The van der Waals surface area contributed by atoms with E-state index in [1.165, 1.54) is 11.1 Å². The maximum Gasteiger partial charge on any atom is 0.159 e. The Morgan fingerprint density at radius 2 is 1.77 bits per heavy atom. The number of anilines is 1. The van der Waals surface area contributed by atoms with Gasteiger partial charge in [-0.2, -0.15) is 0 Å². The molecule has 1 aliphatic rings. The van der Waals surface area contributed by atoms with Gasteiger partial charge in [-0.25, -0.2) is 4.98 Å². The molecule has 1 N–H and O–H groups in total. The van der Waals surface area contributed by atoms with Gasteiger partial charge < -0.3 is 5.32 Å². The molecule has 0 amide bonds. The zero-order valence-corrected chi connectivity index (χ0v) is 21.5. The van der Waals surface area contributed by atoms with E-state index >= 15 is 0 Å². The van der Waals surface area contributed by atoms with Crippen molar-refractivity contribution in [3.63, 3.8) is 0 Å². The number of Topliss-reactive ketones (excluding diaryl/α,β-unsaturated/α-hetero) is 1. The van der Waals surface area contributed by atoms with Crippen LogP contribution in [0.3, 0.4) is 0 Å². The van der Waals surface area contributed by atoms with Gasteiger partial charge in [0, 0.05) is 47.9 Å². The Bertz CT molecular complexity index is 1190. The molecule has 1 saturated heterocycles. The molecule has 182 valence electrons. The van der Waals surface area contributed by atoms with Crippen molar-refractivity contribution in [3.05, 3.63) is 82.8 Å². The number of hydrogen-bond donors (Lipinski definition) is 1. The monoisotopic (exact) mass is 468 g/mol. The molecule has 0 radical (unpaired) electrons. The Morgan fingerprint density at radius 1 is 1.06 bits per heavy atom. The lowest BCUT2D eigenvalue weighted by molar-refractivity contribution is 0.101. The standard InChI is InChI=1S/C30H36N4O/c1-20(18-29-21(2)32-15-12-28(29)27-10-11-30(31-5)33-19-27)22(3)34-16-13-26(14-17-34)25-8-6-24(7-9-25)23(4)35/h6-12,15,18-19,22,26H,13-14,16-17H2,1-5H3,(H,31,33)/b20-18+. The highest BCUT2D eigenvalue weighted by molar-refractivity contribution is 5.94. The second-order valence-corrected chi connectivity index (χ2v) is 9.59. The first kappa shape index (κ1) is 24.8. The van der Waals surface area contributed by atoms with Crippen LogP contribution >= 0.6 is 0 Å². The largest absolute Gasteiger partial charge is 0.373 e. The van der Waals surface area contributed by atoms with Crippen LogP contribution in [0, 0.1) is 6.92 Å². The van der Waals surface area contributed by atoms with Gasteiger partial charge in [0.1, 0.15) is 5.82 Å². The van der Waals surface area contributed by atoms with Crippen LogP contribution in [0.15, 0.2) is 60.4 Å². The van der Waals surface area contributed by atoms with E-state index < -0.39 is 0 Å². The van der Waals surface area contributed by atoms with Crippen molar-refractivity contribution in [2.24, 2.45) is 0 Å². The van der Waals surface area contributed by atoms with Crippen molar-refractivity contribution >= 4 is 17.7 Å². The minimum Gasteiger partial charge on any atom is -0.373 e. The average molecular weight is 469 g/mol. The third kappa shape index (κ3) is 5.68. The van der Waals surface area contributed by atoms with Gasteiger partial charge in [0.15, 0.2) is 5.78 Å². The molecule has 1 unspecified atom stereocenters. The maximum absolute atomic E-state index is 11.6. The predicted molar refractivity (Wildman–Crippen MR) is 145 cm³/mol. The van der Waals surface area contributed by atoms with E-state index in [4.69, 9.17) is 0 Å². The van der Waals surface area contributed by atoms with E-state index in [2.05, 4.69) is 71.3 Å². The van der Waals surface area contributed by atoms with E-state index in [9.17, 15) is 4.79 Å². The van der Waals surface area contributed by atoms with Crippen LogP contribution in [0.4, 0.5) is 5.82 Å². The first-order valence-corrected chi connectivity index (χ1v) is 12.5. The van der Waals surface area contributed by atoms with Gasteiger partial charge >= 0.3 is 0 Å². The summed E-state index contributed by atoms with van der Waals surface area (Å²) in [6.45, 7) is 10.4. The zero-order chi connectivity index (χ0) is 24.9. The molecular weight excluding hydrogens is 432 g/mol. The molecule has 0 spiro atoms. The summed E-state index contributed by atoms with van der Waals surface area (Å²) in [4.78, 5) is 23.2. The minimum absolute atomic E-state index is 0.126. The van der Waals surface area contributed by atoms with E-state index in [0.717, 1.165) is 59.7 Å². The lowest BCUT2D eigenvalue weighted by Crippen LogP contribution is -2.40. The summed E-state index contributed by atoms with van der Waals surface area (Å²) < 4.78 is 0. The van der Waals surface area contributed by atoms with Gasteiger partial charge in [-0.1, -0.05) is 35.9 Å². The van der Waals surface area contributed by atoms with Crippen molar-refractivity contribution in [1.82, 2.24) is 14.9 Å². The van der Waals surface area contributed by atoms with E-state index in [1.54, 1.807) is 6.92 Å². The second kappa shape index (κ2) is 11.0. The van der Waals surface area contributed by atoms with E-state index in [0.29, 0.717) is 12.0 Å². The van der Waals surface area contributed by atoms with Crippen LogP contribution < -0.4 is 5.32 Å². The molecule has 1 atom stereocenters. The summed E-state index contributed by atoms with van der Waals surface area (Å²) in [5.74, 6) is 1.55. The fourth-order valence-electron chi connectivity index (χ4n) is 4.96. The molecule has 1 fully saturated rings. The van der Waals surface area contributed by atoms with Crippen molar-refractivity contribution in [3.8, 4) is 11.1 Å². The third-order valence-corrected chi connectivity index (χ3v) is 7.42. The van der Waals surface area contributed by atoms with Crippen LogP contribution in [0.5, 0.6) is 0 Å². The molecule has 4 rings (SSSR count). The fourth-order valence-corrected chi connectivity index (χ4v) is 4.96. The van der Waals surface area contributed by atoms with E-state index in [-0.39, 0.29) is 5.78 Å². The molecule has 5 heteroatoms. The number of nitrogens with zero attached hydrogens (tertiary/aromatic N) is 3. The Balaban J connectivity index is 1.47. The molecule has 3 aromatic rings. The molecule has 0 aliphatic carbocycles. The molecule has 3 heterocycles. The van der Waals surface area contributed by atoms with Gasteiger partial charge in [-0.05, 0) is 88.9 Å². The van der Waals surface area contributed by atoms with Crippen LogP contribution in [-0.4, -0.2) is 46.8 Å². The number of benzene rings is 1. The quantitative estimate of drug-likeness (QED) is 0.409. The number of nitrogens with one attached hydrogen (secondary N) is 1. The second-order valence-electron chi connectivity index (χ2n) is 9.59. The Kier molecular flexibility index (Phi) is 7.76. The number of likely N-dealkylation sites (tertiary alicyclic amines) is 1. The lowest BCUT2D eigenvalue weighted by atomic mass is 9.87. The van der Waals surface area contributed by atoms with Gasteiger partial charge in [-0.3, -0.25) is 14.7 Å². The van der Waals surface area contributed by atoms with Crippen LogP contribution in [-0.2, 0) is 0 Å². The van der Waals surface area contributed by atoms with Crippen molar-refractivity contribution in [1.29, 1.82) is 0 Å². The fraction of sp³-hybridized carbons (Fsp3) is 0.367. The van der Waals surface area contributed by atoms with Crippen molar-refractivity contribution in [2.45, 2.75) is 52.5 Å². The summed E-state index contributed by atoms with van der Waals surface area (Å²) in [6.07, 6.45) is 8.38. The smallest absolute Gasteiger partial charge is 0.159 e. The summed E-state index contributed by atoms with van der Waals surface area (Å²) >= 11 is 0. The number of carbonyl (C=O) groups is 1. The zero-order valence-electron chi connectivity index (χ0n) is 21.5. The van der Waals surface area contributed by atoms with Crippen molar-refractivity contribution < 1.29 is 4.79 Å². The Labute approximate surface area is 209 Å². The number of rotatable bonds is 7. The number of piperidine rings is 1. The summed E-state index contributed by atoms with van der Waals surface area (Å²) in [5, 5.41) is 3.08. The average Bonchev–Trinajstić information content (AvgIpc) is 2.89. The number of aryl methyl sites for hydroxylation is 1. The SMILES string of the molecule is CNc1ccc(-c2ccnc(C)c2/C=C(\C)C(C)N2CCC(c3ccc(C(C)=O)cc3)CC2)cn1. The number of pyridine rings is 2. The maximum atomic E-state index is 11.6. The molecule has 1 aromatic carbocycles. The number of hydrogen-bond acceptors (Lipinski definition) is 5. The summed E-state index contributed by atoms with van der Waals surface area (Å²) in [5.41, 5.74) is 7.93. The van der Waals surface area contributed by atoms with Gasteiger partial charge in [-0.15, -0.1) is 0 Å². The van der Waals surface area contributed by atoms with Gasteiger partial charge in [0.25, 0.3) is 0 Å². The summed E-state index contributed by atoms with van der Waals surface area (Å²) in [6, 6.07) is 14.8. The van der Waals surface area contributed by atoms with Crippen LogP contribution in [0.25, 0.3) is 17.2 Å². The molecular formula is C30H36N4O. The van der Waals surface area contributed by atoms with Crippen molar-refractivity contribution in [2.75, 3.05) is 25.5 Å². The molecule has 5 nitrogen and oxygen atoms in total. The van der Waals surface area contributed by atoms with E-state index in [1.807, 2.05) is 37.6 Å². The number of ketones is 1. The Morgan fingerprint density at radius 3 is 2.37 bits per heavy atom. The number of carbonyl (C=O) groups excluding carboxylic acids is 1. The third-order valence-electron chi connectivity index (χ3n) is 7.42. The first-order chi connectivity index (χ1) is 16.9.